The highest BCUT2D eigenvalue weighted by Crippen LogP contribution is 2.36. The Kier molecular flexibility index (Phi) is 5.57. The van der Waals surface area contributed by atoms with E-state index >= 15 is 0 Å². The topological polar surface area (TPSA) is 59.4 Å². The summed E-state index contributed by atoms with van der Waals surface area (Å²) in [6.45, 7) is 4.16. The van der Waals surface area contributed by atoms with Crippen molar-refractivity contribution >= 4 is 5.97 Å². The molecule has 0 saturated carbocycles. The first-order valence-electron chi connectivity index (χ1n) is 9.01. The van der Waals surface area contributed by atoms with Crippen molar-refractivity contribution in [2.45, 2.75) is 32.8 Å². The summed E-state index contributed by atoms with van der Waals surface area (Å²) in [6.07, 6.45) is 3.14. The van der Waals surface area contributed by atoms with Crippen molar-refractivity contribution in [2.24, 2.45) is 11.3 Å². The lowest BCUT2D eigenvalue weighted by atomic mass is 9.73. The molecule has 1 fully saturated rings. The van der Waals surface area contributed by atoms with Gasteiger partial charge in [-0.1, -0.05) is 37.8 Å². The molecule has 0 bridgehead atoms. The summed E-state index contributed by atoms with van der Waals surface area (Å²) in [6, 6.07) is 7.90. The van der Waals surface area contributed by atoms with Gasteiger partial charge < -0.3 is 9.84 Å². The molecule has 5 heteroatoms. The number of aliphatic hydroxyl groups excluding tert-OH is 1. The number of hydrogen-bond donors (Lipinski definition) is 1. The highest BCUT2D eigenvalue weighted by Gasteiger charge is 2.48. The number of hydrogen-bond acceptors (Lipinski definition) is 4. The Balaban J connectivity index is 2.05. The van der Waals surface area contributed by atoms with Gasteiger partial charge in [0.15, 0.2) is 5.41 Å². The highest BCUT2D eigenvalue weighted by atomic mass is 19.1. The maximum Gasteiger partial charge on any atom is 0.326 e. The first-order valence-corrected chi connectivity index (χ1v) is 9.01. The first-order chi connectivity index (χ1) is 12.9. The quantitative estimate of drug-likeness (QED) is 0.665. The van der Waals surface area contributed by atoms with E-state index in [0.29, 0.717) is 18.4 Å². The zero-order valence-corrected chi connectivity index (χ0v) is 15.4. The molecule has 2 heterocycles. The molecule has 4 nitrogen and oxygen atoms in total. The Morgan fingerprint density at radius 3 is 2.74 bits per heavy atom. The number of aromatic nitrogens is 1. The van der Waals surface area contributed by atoms with Crippen LogP contribution < -0.4 is 0 Å². The normalized spacial score (nSPS) is 22.1. The minimum atomic E-state index is -1.25. The summed E-state index contributed by atoms with van der Waals surface area (Å²) in [4.78, 5) is 16.7. The maximum atomic E-state index is 13.2. The zero-order chi connectivity index (χ0) is 19.4. The second kappa shape index (κ2) is 7.89. The number of halogens is 1. The van der Waals surface area contributed by atoms with Gasteiger partial charge in [-0.2, -0.15) is 0 Å². The van der Waals surface area contributed by atoms with Crippen molar-refractivity contribution in [3.8, 4) is 23.0 Å². The number of nitrogens with zero attached hydrogens (tertiary/aromatic N) is 1. The second-order valence-electron chi connectivity index (χ2n) is 7.19. The van der Waals surface area contributed by atoms with Crippen LogP contribution in [0.2, 0.25) is 0 Å². The van der Waals surface area contributed by atoms with Crippen LogP contribution in [0.1, 0.15) is 32.3 Å². The van der Waals surface area contributed by atoms with E-state index in [-0.39, 0.29) is 18.3 Å². The van der Waals surface area contributed by atoms with Crippen LogP contribution in [0.3, 0.4) is 0 Å². The Labute approximate surface area is 158 Å². The summed E-state index contributed by atoms with van der Waals surface area (Å²) < 4.78 is 18.5. The van der Waals surface area contributed by atoms with Gasteiger partial charge in [0.25, 0.3) is 0 Å². The van der Waals surface area contributed by atoms with Gasteiger partial charge in [0.2, 0.25) is 0 Å². The predicted molar refractivity (Wildman–Crippen MR) is 100.0 cm³/mol. The third-order valence-corrected chi connectivity index (χ3v) is 4.68. The largest absolute Gasteiger partial charge is 0.464 e. The Morgan fingerprint density at radius 2 is 2.07 bits per heavy atom. The summed E-state index contributed by atoms with van der Waals surface area (Å²) in [5.41, 5.74) is 0.948. The Bertz CT molecular complexity index is 882. The molecule has 2 aromatic rings. The fourth-order valence-corrected chi connectivity index (χ4v) is 3.38. The molecule has 3 rings (SSSR count). The fourth-order valence-electron chi connectivity index (χ4n) is 3.38. The number of carbonyl (C=O) groups excluding carboxylic acids is 1. The van der Waals surface area contributed by atoms with Gasteiger partial charge in [-0.15, -0.1) is 0 Å². The molecule has 1 aliphatic heterocycles. The number of benzene rings is 1. The molecule has 1 unspecified atom stereocenters. The molecule has 1 aliphatic rings. The van der Waals surface area contributed by atoms with Crippen LogP contribution in [0.4, 0.5) is 4.39 Å². The molecule has 27 heavy (non-hydrogen) atoms. The maximum absolute atomic E-state index is 13.2. The first kappa shape index (κ1) is 19.1. The lowest BCUT2D eigenvalue weighted by molar-refractivity contribution is -0.169. The number of aliphatic hydroxyl groups is 1. The molecule has 1 saturated heterocycles. The van der Waals surface area contributed by atoms with E-state index in [0.717, 1.165) is 11.1 Å². The van der Waals surface area contributed by atoms with Gasteiger partial charge >= 0.3 is 5.97 Å². The third-order valence-electron chi connectivity index (χ3n) is 4.68. The van der Waals surface area contributed by atoms with E-state index in [2.05, 4.69) is 16.8 Å². The smallest absolute Gasteiger partial charge is 0.326 e. The van der Waals surface area contributed by atoms with Gasteiger partial charge in [-0.25, -0.2) is 4.39 Å². The van der Waals surface area contributed by atoms with Crippen LogP contribution in [0.25, 0.3) is 11.1 Å². The van der Waals surface area contributed by atoms with Gasteiger partial charge in [0.1, 0.15) is 5.82 Å². The van der Waals surface area contributed by atoms with Crippen molar-refractivity contribution < 1.29 is 19.0 Å². The van der Waals surface area contributed by atoms with Crippen LogP contribution in [-0.4, -0.2) is 28.8 Å². The Hall–Kier alpha value is -2.71. The molecule has 0 spiro atoms. The van der Waals surface area contributed by atoms with Crippen LogP contribution >= 0.6 is 0 Å². The number of rotatable bonds is 3. The van der Waals surface area contributed by atoms with Crippen molar-refractivity contribution in [2.75, 3.05) is 6.61 Å². The average molecular weight is 367 g/mol. The summed E-state index contributed by atoms with van der Waals surface area (Å²) >= 11 is 0. The Morgan fingerprint density at radius 1 is 1.33 bits per heavy atom. The third kappa shape index (κ3) is 4.01. The molecular formula is C22H22FNO3. The van der Waals surface area contributed by atoms with Gasteiger partial charge in [0.05, 0.1) is 18.3 Å². The van der Waals surface area contributed by atoms with E-state index in [4.69, 9.17) is 4.74 Å². The molecule has 1 aromatic heterocycles. The summed E-state index contributed by atoms with van der Waals surface area (Å²) in [5.74, 6) is 5.42. The van der Waals surface area contributed by atoms with Crippen LogP contribution in [0.15, 0.2) is 42.7 Å². The number of esters is 1. The molecule has 0 aliphatic carbocycles. The SMILES string of the molecule is CC(C)C[C@]1(C#Cc2cnccc2-c2ccc(F)cc2)C(=O)OCCC1O. The van der Waals surface area contributed by atoms with Crippen molar-refractivity contribution in [1.29, 1.82) is 0 Å². The fraction of sp³-hybridized carbons (Fsp3) is 0.364. The number of pyridine rings is 1. The molecular weight excluding hydrogens is 345 g/mol. The second-order valence-corrected chi connectivity index (χ2v) is 7.19. The van der Waals surface area contributed by atoms with E-state index in [1.807, 2.05) is 13.8 Å². The molecule has 1 N–H and O–H groups in total. The zero-order valence-electron chi connectivity index (χ0n) is 15.4. The predicted octanol–water partition coefficient (Wildman–Crippen LogP) is 3.58. The minimum absolute atomic E-state index is 0.157. The highest BCUT2D eigenvalue weighted by molar-refractivity contribution is 5.83. The molecule has 0 amide bonds. The number of cyclic esters (lactones) is 1. The number of carbonyl (C=O) groups is 1. The van der Waals surface area contributed by atoms with E-state index in [1.165, 1.54) is 12.1 Å². The molecule has 1 aromatic carbocycles. The van der Waals surface area contributed by atoms with E-state index in [9.17, 15) is 14.3 Å². The standard InChI is InChI=1S/C22H22FNO3/c1-15(2)13-22(20(25)9-12-27-21(22)26)10-7-17-14-24-11-8-19(17)16-3-5-18(23)6-4-16/h3-6,8,11,14-15,20,25H,9,12-13H2,1-2H3/t20?,22-/m0/s1. The lowest BCUT2D eigenvalue weighted by Gasteiger charge is -2.36. The van der Waals surface area contributed by atoms with Gasteiger partial charge in [-0.05, 0) is 36.1 Å². The molecule has 2 atom stereocenters. The van der Waals surface area contributed by atoms with Crippen molar-refractivity contribution in [3.05, 3.63) is 54.1 Å². The van der Waals surface area contributed by atoms with Crippen LogP contribution in [0, 0.1) is 29.0 Å². The van der Waals surface area contributed by atoms with Crippen molar-refractivity contribution in [3.63, 3.8) is 0 Å². The lowest BCUT2D eigenvalue weighted by Crippen LogP contribution is -2.48. The van der Waals surface area contributed by atoms with Crippen molar-refractivity contribution in [1.82, 2.24) is 4.98 Å². The number of ether oxygens (including phenoxy) is 1. The van der Waals surface area contributed by atoms with Crippen LogP contribution in [-0.2, 0) is 9.53 Å². The van der Waals surface area contributed by atoms with E-state index < -0.39 is 17.5 Å². The van der Waals surface area contributed by atoms with E-state index in [1.54, 1.807) is 30.6 Å². The monoisotopic (exact) mass is 367 g/mol. The molecule has 0 radical (unpaired) electrons. The summed E-state index contributed by atoms with van der Waals surface area (Å²) in [5, 5.41) is 10.6. The van der Waals surface area contributed by atoms with Gasteiger partial charge in [-0.3, -0.25) is 9.78 Å². The van der Waals surface area contributed by atoms with Crippen LogP contribution in [0.5, 0.6) is 0 Å². The van der Waals surface area contributed by atoms with Gasteiger partial charge in [0, 0.05) is 24.4 Å². The average Bonchev–Trinajstić information content (AvgIpc) is 2.64. The summed E-state index contributed by atoms with van der Waals surface area (Å²) in [7, 11) is 0. The minimum Gasteiger partial charge on any atom is -0.464 e. The molecule has 140 valence electrons.